The van der Waals surface area contributed by atoms with Crippen molar-refractivity contribution in [2.75, 3.05) is 14.2 Å². The summed E-state index contributed by atoms with van der Waals surface area (Å²) in [5.41, 5.74) is 1.10. The van der Waals surface area contributed by atoms with Gasteiger partial charge in [0.25, 0.3) is 6.07 Å². The van der Waals surface area contributed by atoms with Crippen LogP contribution in [0.2, 0.25) is 0 Å². The fourth-order valence-electron chi connectivity index (χ4n) is 3.87. The van der Waals surface area contributed by atoms with Gasteiger partial charge >= 0.3 is 5.97 Å². The number of esters is 1. The van der Waals surface area contributed by atoms with Crippen LogP contribution in [-0.4, -0.2) is 26.3 Å². The number of benzene rings is 1. The Kier molecular flexibility index (Phi) is 5.51. The van der Waals surface area contributed by atoms with Gasteiger partial charge in [-0.2, -0.15) is 0 Å². The van der Waals surface area contributed by atoms with E-state index >= 15 is 0 Å². The normalized spacial score (nSPS) is 23.0. The van der Waals surface area contributed by atoms with Crippen molar-refractivity contribution in [3.8, 4) is 17.6 Å². The SMILES string of the molecule is COC(=O)C1=CCC(C#[NH+])(c2ccc(OC)c(OC3CCCC3)c2)CC1. The van der Waals surface area contributed by atoms with E-state index < -0.39 is 5.41 Å². The smallest absolute Gasteiger partial charge is 0.333 e. The van der Waals surface area contributed by atoms with E-state index in [4.69, 9.17) is 19.5 Å². The second-order valence-corrected chi connectivity index (χ2v) is 7.02. The summed E-state index contributed by atoms with van der Waals surface area (Å²) in [4.78, 5) is 11.7. The van der Waals surface area contributed by atoms with Crippen LogP contribution in [0.1, 0.15) is 50.5 Å². The van der Waals surface area contributed by atoms with Crippen molar-refractivity contribution in [2.45, 2.75) is 56.5 Å². The molecule has 1 fully saturated rings. The fourth-order valence-corrected chi connectivity index (χ4v) is 3.87. The first-order valence-electron chi connectivity index (χ1n) is 9.18. The third-order valence-electron chi connectivity index (χ3n) is 5.52. The monoisotopic (exact) mass is 356 g/mol. The number of hydrogen-bond donors (Lipinski definition) is 1. The van der Waals surface area contributed by atoms with Crippen molar-refractivity contribution >= 4 is 5.97 Å². The summed E-state index contributed by atoms with van der Waals surface area (Å²) >= 11 is 0. The second kappa shape index (κ2) is 7.82. The minimum absolute atomic E-state index is 0.233. The highest BCUT2D eigenvalue weighted by atomic mass is 16.5. The first-order valence-corrected chi connectivity index (χ1v) is 9.18. The zero-order valence-electron chi connectivity index (χ0n) is 15.5. The summed E-state index contributed by atoms with van der Waals surface area (Å²) in [5, 5.41) is 7.93. The van der Waals surface area contributed by atoms with Crippen LogP contribution in [0, 0.1) is 6.07 Å². The molecule has 5 heteroatoms. The van der Waals surface area contributed by atoms with Crippen LogP contribution >= 0.6 is 0 Å². The van der Waals surface area contributed by atoms with Gasteiger partial charge in [0.05, 0.1) is 20.3 Å². The second-order valence-electron chi connectivity index (χ2n) is 7.02. The highest BCUT2D eigenvalue weighted by Crippen LogP contribution is 2.42. The van der Waals surface area contributed by atoms with E-state index in [0.29, 0.717) is 30.6 Å². The van der Waals surface area contributed by atoms with Crippen molar-refractivity contribution < 1.29 is 24.3 Å². The first kappa shape index (κ1) is 18.3. The molecule has 0 aromatic heterocycles. The molecule has 1 aromatic carbocycles. The number of methoxy groups -OCH3 is 2. The Morgan fingerprint density at radius 2 is 2.00 bits per heavy atom. The van der Waals surface area contributed by atoms with E-state index in [0.717, 1.165) is 24.2 Å². The number of hydrogen-bond acceptors (Lipinski definition) is 4. The number of carbonyl (C=O) groups is 1. The van der Waals surface area contributed by atoms with Crippen molar-refractivity contribution in [1.29, 1.82) is 0 Å². The lowest BCUT2D eigenvalue weighted by molar-refractivity contribution is -0.136. The van der Waals surface area contributed by atoms with Crippen LogP contribution in [0.4, 0.5) is 0 Å². The fraction of sp³-hybridized carbons (Fsp3) is 0.524. The number of carbonyl (C=O) groups excluding carboxylic acids is 1. The average Bonchev–Trinajstić information content (AvgIpc) is 3.20. The molecular formula is C21H26NO4+. The zero-order valence-corrected chi connectivity index (χ0v) is 15.5. The molecule has 0 spiro atoms. The van der Waals surface area contributed by atoms with E-state index in [1.54, 1.807) is 7.11 Å². The third-order valence-corrected chi connectivity index (χ3v) is 5.52. The maximum atomic E-state index is 11.7. The predicted octanol–water partition coefficient (Wildman–Crippen LogP) is 2.31. The van der Waals surface area contributed by atoms with Gasteiger partial charge in [0.1, 0.15) is 5.41 Å². The van der Waals surface area contributed by atoms with Crippen LogP contribution in [0.5, 0.6) is 11.5 Å². The van der Waals surface area contributed by atoms with E-state index in [9.17, 15) is 4.79 Å². The van der Waals surface area contributed by atoms with Crippen LogP contribution in [0.15, 0.2) is 29.8 Å². The Morgan fingerprint density at radius 1 is 1.23 bits per heavy atom. The van der Waals surface area contributed by atoms with E-state index in [1.807, 2.05) is 24.3 Å². The molecule has 1 aromatic rings. The van der Waals surface area contributed by atoms with E-state index in [2.05, 4.69) is 6.07 Å². The molecule has 1 N–H and O–H groups in total. The lowest BCUT2D eigenvalue weighted by Crippen LogP contribution is -2.35. The lowest BCUT2D eigenvalue weighted by atomic mass is 9.71. The van der Waals surface area contributed by atoms with Crippen LogP contribution < -0.4 is 14.7 Å². The summed E-state index contributed by atoms with van der Waals surface area (Å²) in [6, 6.07) is 8.58. The van der Waals surface area contributed by atoms with E-state index in [1.165, 1.54) is 20.0 Å². The molecule has 3 rings (SSSR count). The maximum Gasteiger partial charge on any atom is 0.333 e. The summed E-state index contributed by atoms with van der Waals surface area (Å²) in [6.45, 7) is 0. The largest absolute Gasteiger partial charge is 0.493 e. The van der Waals surface area contributed by atoms with Gasteiger partial charge in [0, 0.05) is 5.57 Å². The van der Waals surface area contributed by atoms with Gasteiger partial charge in [-0.05, 0) is 62.6 Å². The van der Waals surface area contributed by atoms with Crippen molar-refractivity contribution in [1.82, 2.24) is 0 Å². The average molecular weight is 356 g/mol. The molecule has 1 atom stereocenters. The molecule has 0 aliphatic heterocycles. The van der Waals surface area contributed by atoms with Crippen molar-refractivity contribution in [3.63, 3.8) is 0 Å². The Labute approximate surface area is 154 Å². The molecule has 2 aliphatic carbocycles. The van der Waals surface area contributed by atoms with Gasteiger partial charge in [-0.1, -0.05) is 12.1 Å². The van der Waals surface area contributed by atoms with E-state index in [-0.39, 0.29) is 12.1 Å². The molecule has 0 bridgehead atoms. The summed E-state index contributed by atoms with van der Waals surface area (Å²) in [6.07, 6.45) is 8.42. The van der Waals surface area contributed by atoms with Gasteiger partial charge in [0.2, 0.25) is 0 Å². The quantitative estimate of drug-likeness (QED) is 0.822. The minimum atomic E-state index is -0.544. The molecule has 0 amide bonds. The predicted molar refractivity (Wildman–Crippen MR) is 96.4 cm³/mol. The molecule has 0 heterocycles. The van der Waals surface area contributed by atoms with Crippen LogP contribution in [0.3, 0.4) is 0 Å². The standard InChI is InChI=1S/C21H25NO4/c1-24-18-8-7-16(13-19(18)26-17-5-3-4-6-17)21(14-22)11-9-15(10-12-21)20(23)25-2/h7-9,13,17H,3-6,10-12H2,1-2H3/p+1. The summed E-state index contributed by atoms with van der Waals surface area (Å²) in [7, 11) is 3.03. The highest BCUT2D eigenvalue weighted by molar-refractivity contribution is 5.88. The Bertz CT molecular complexity index is 743. The number of ether oxygens (including phenoxy) is 3. The summed E-state index contributed by atoms with van der Waals surface area (Å²) < 4.78 is 16.5. The number of allylic oxidation sites excluding steroid dienone is 1. The van der Waals surface area contributed by atoms with Gasteiger partial charge in [-0.25, -0.2) is 4.79 Å². The number of rotatable bonds is 5. The zero-order chi connectivity index (χ0) is 18.6. The molecule has 138 valence electrons. The van der Waals surface area contributed by atoms with Gasteiger partial charge in [-0.15, -0.1) is 5.26 Å². The Morgan fingerprint density at radius 3 is 2.58 bits per heavy atom. The highest BCUT2D eigenvalue weighted by Gasteiger charge is 2.39. The topological polar surface area (TPSA) is 68.6 Å². The van der Waals surface area contributed by atoms with Gasteiger partial charge < -0.3 is 14.2 Å². The molecule has 0 radical (unpaired) electrons. The van der Waals surface area contributed by atoms with Crippen molar-refractivity contribution in [2.24, 2.45) is 0 Å². The molecule has 1 saturated carbocycles. The molecule has 5 nitrogen and oxygen atoms in total. The molecule has 26 heavy (non-hydrogen) atoms. The van der Waals surface area contributed by atoms with Crippen LogP contribution in [-0.2, 0) is 14.9 Å². The van der Waals surface area contributed by atoms with Crippen molar-refractivity contribution in [3.05, 3.63) is 35.4 Å². The minimum Gasteiger partial charge on any atom is -0.493 e. The van der Waals surface area contributed by atoms with Gasteiger partial charge in [-0.3, -0.25) is 0 Å². The molecule has 0 saturated heterocycles. The summed E-state index contributed by atoms with van der Waals surface area (Å²) in [5.74, 6) is 1.15. The molecule has 2 aliphatic rings. The molecular weight excluding hydrogens is 330 g/mol. The molecule has 1 unspecified atom stereocenters. The third kappa shape index (κ3) is 3.55. The van der Waals surface area contributed by atoms with Gasteiger partial charge in [0.15, 0.2) is 11.5 Å². The Balaban J connectivity index is 1.88. The first-order chi connectivity index (χ1) is 12.6. The number of nitrogens with one attached hydrogen (secondary N) is 1. The maximum absolute atomic E-state index is 11.7. The Hall–Kier alpha value is -2.48. The van der Waals surface area contributed by atoms with Crippen LogP contribution in [0.25, 0.3) is 0 Å². The lowest BCUT2D eigenvalue weighted by Gasteiger charge is -2.28.